The van der Waals surface area contributed by atoms with Gasteiger partial charge in [-0.3, -0.25) is 4.79 Å². The number of para-hydroxylation sites is 1. The fraction of sp³-hybridized carbons (Fsp3) is 0.0769. The highest BCUT2D eigenvalue weighted by Gasteiger charge is 2.20. The molecule has 0 bridgehead atoms. The summed E-state index contributed by atoms with van der Waals surface area (Å²) in [6.07, 6.45) is 0. The van der Waals surface area contributed by atoms with Gasteiger partial charge in [0.05, 0.1) is 14.4 Å². The van der Waals surface area contributed by atoms with Crippen molar-refractivity contribution in [2.75, 3.05) is 11.9 Å². The molecule has 0 saturated carbocycles. The number of hydrogen-bond donors (Lipinski definition) is 2. The van der Waals surface area contributed by atoms with Crippen molar-refractivity contribution in [1.29, 1.82) is 0 Å². The fourth-order valence-electron chi connectivity index (χ4n) is 1.76. The molecule has 1 aromatic heterocycles. The Morgan fingerprint density at radius 3 is 2.62 bits per heavy atom. The second-order valence-corrected chi connectivity index (χ2v) is 7.32. The van der Waals surface area contributed by atoms with Crippen LogP contribution in [0.2, 0.25) is 0 Å². The standard InChI is InChI=1S/C13H11Br2N3O2S/c1-18(13(19)10-6-8(14)11(15)21-10)9-5-3-2-4-7(9)12(16)17-20/h2-6,20H,1H3,(H2,16,17). The van der Waals surface area contributed by atoms with Crippen LogP contribution in [0.25, 0.3) is 0 Å². The predicted molar refractivity (Wildman–Crippen MR) is 91.4 cm³/mol. The van der Waals surface area contributed by atoms with Gasteiger partial charge < -0.3 is 15.8 Å². The zero-order valence-corrected chi connectivity index (χ0v) is 14.9. The van der Waals surface area contributed by atoms with Gasteiger partial charge in [0, 0.05) is 17.1 Å². The van der Waals surface area contributed by atoms with Crippen molar-refractivity contribution in [3.8, 4) is 0 Å². The van der Waals surface area contributed by atoms with Crippen molar-refractivity contribution in [3.63, 3.8) is 0 Å². The number of hydrogen-bond acceptors (Lipinski definition) is 4. The molecule has 1 aromatic carbocycles. The first-order valence-corrected chi connectivity index (χ1v) is 8.15. The molecule has 0 aliphatic heterocycles. The maximum absolute atomic E-state index is 12.5. The third-order valence-electron chi connectivity index (χ3n) is 2.81. The molecule has 0 radical (unpaired) electrons. The van der Waals surface area contributed by atoms with Crippen LogP contribution < -0.4 is 10.6 Å². The van der Waals surface area contributed by atoms with Crippen LogP contribution in [0.15, 0.2) is 43.7 Å². The van der Waals surface area contributed by atoms with Gasteiger partial charge in [-0.05, 0) is 50.1 Å². The maximum atomic E-state index is 12.5. The van der Waals surface area contributed by atoms with E-state index in [2.05, 4.69) is 37.0 Å². The number of amides is 1. The average molecular weight is 433 g/mol. The molecule has 0 fully saturated rings. The van der Waals surface area contributed by atoms with Crippen LogP contribution in [0, 0.1) is 0 Å². The molecule has 2 rings (SSSR count). The van der Waals surface area contributed by atoms with Gasteiger partial charge in [0.25, 0.3) is 5.91 Å². The second-order valence-electron chi connectivity index (χ2n) is 4.10. The van der Waals surface area contributed by atoms with Gasteiger partial charge in [-0.25, -0.2) is 0 Å². The van der Waals surface area contributed by atoms with E-state index in [1.807, 2.05) is 0 Å². The van der Waals surface area contributed by atoms with Crippen molar-refractivity contribution < 1.29 is 10.0 Å². The summed E-state index contributed by atoms with van der Waals surface area (Å²) in [5.74, 6) is -0.219. The van der Waals surface area contributed by atoms with Gasteiger partial charge in [-0.1, -0.05) is 17.3 Å². The fourth-order valence-corrected chi connectivity index (χ4v) is 3.77. The number of amidine groups is 1. The monoisotopic (exact) mass is 431 g/mol. The van der Waals surface area contributed by atoms with E-state index >= 15 is 0 Å². The third-order valence-corrected chi connectivity index (χ3v) is 6.05. The third kappa shape index (κ3) is 3.28. The molecule has 1 amide bonds. The maximum Gasteiger partial charge on any atom is 0.268 e. The van der Waals surface area contributed by atoms with Crippen molar-refractivity contribution in [3.05, 3.63) is 49.0 Å². The number of carbonyl (C=O) groups is 1. The Morgan fingerprint density at radius 2 is 2.05 bits per heavy atom. The lowest BCUT2D eigenvalue weighted by atomic mass is 10.1. The predicted octanol–water partition coefficient (Wildman–Crippen LogP) is 3.64. The van der Waals surface area contributed by atoms with Gasteiger partial charge in [-0.2, -0.15) is 0 Å². The van der Waals surface area contributed by atoms with Gasteiger partial charge in [-0.15, -0.1) is 11.3 Å². The number of carbonyl (C=O) groups excluding carboxylic acids is 1. The first-order chi connectivity index (χ1) is 9.95. The zero-order chi connectivity index (χ0) is 15.6. The number of rotatable bonds is 3. The van der Waals surface area contributed by atoms with E-state index in [1.54, 1.807) is 37.4 Å². The van der Waals surface area contributed by atoms with Crippen LogP contribution in [0.1, 0.15) is 15.2 Å². The molecular formula is C13H11Br2N3O2S. The molecule has 5 nitrogen and oxygen atoms in total. The summed E-state index contributed by atoms with van der Waals surface area (Å²) in [5, 5.41) is 11.8. The Hall–Kier alpha value is -1.38. The number of benzene rings is 1. The van der Waals surface area contributed by atoms with Crippen LogP contribution in [0.4, 0.5) is 5.69 Å². The summed E-state index contributed by atoms with van der Waals surface area (Å²) >= 11 is 8.06. The number of thiophene rings is 1. The zero-order valence-electron chi connectivity index (χ0n) is 10.9. The highest BCUT2D eigenvalue weighted by Crippen LogP contribution is 2.33. The summed E-state index contributed by atoms with van der Waals surface area (Å²) in [5.41, 5.74) is 6.71. The molecule has 2 aromatic rings. The molecule has 1 heterocycles. The van der Waals surface area contributed by atoms with Crippen LogP contribution >= 0.6 is 43.2 Å². The molecule has 0 unspecified atom stereocenters. The Morgan fingerprint density at radius 1 is 1.38 bits per heavy atom. The Labute approximate surface area is 142 Å². The lowest BCUT2D eigenvalue weighted by Crippen LogP contribution is -2.28. The van der Waals surface area contributed by atoms with Crippen molar-refractivity contribution in [1.82, 2.24) is 0 Å². The van der Waals surface area contributed by atoms with E-state index in [4.69, 9.17) is 10.9 Å². The second kappa shape index (κ2) is 6.59. The molecule has 0 atom stereocenters. The number of nitrogens with zero attached hydrogens (tertiary/aromatic N) is 2. The van der Waals surface area contributed by atoms with Gasteiger partial charge in [0.2, 0.25) is 0 Å². The van der Waals surface area contributed by atoms with Crippen LogP contribution in [-0.2, 0) is 0 Å². The first kappa shape index (κ1) is 16.0. The lowest BCUT2D eigenvalue weighted by molar-refractivity contribution is 0.0997. The molecule has 3 N–H and O–H groups in total. The smallest absolute Gasteiger partial charge is 0.268 e. The lowest BCUT2D eigenvalue weighted by Gasteiger charge is -2.19. The molecule has 0 aliphatic carbocycles. The van der Waals surface area contributed by atoms with Gasteiger partial charge >= 0.3 is 0 Å². The van der Waals surface area contributed by atoms with Gasteiger partial charge in [0.15, 0.2) is 5.84 Å². The highest BCUT2D eigenvalue weighted by atomic mass is 79.9. The van der Waals surface area contributed by atoms with Crippen LogP contribution in [0.5, 0.6) is 0 Å². The van der Waals surface area contributed by atoms with E-state index in [1.165, 1.54) is 16.2 Å². The first-order valence-electron chi connectivity index (χ1n) is 5.75. The summed E-state index contributed by atoms with van der Waals surface area (Å²) in [4.78, 5) is 14.6. The topological polar surface area (TPSA) is 78.9 Å². The molecule has 0 aliphatic rings. The molecule has 21 heavy (non-hydrogen) atoms. The van der Waals surface area contributed by atoms with Gasteiger partial charge in [0.1, 0.15) is 0 Å². The highest BCUT2D eigenvalue weighted by molar-refractivity contribution is 9.13. The summed E-state index contributed by atoms with van der Waals surface area (Å²) in [7, 11) is 1.65. The Bertz CT molecular complexity index is 696. The van der Waals surface area contributed by atoms with Crippen molar-refractivity contribution in [2.24, 2.45) is 10.9 Å². The quantitative estimate of drug-likeness (QED) is 0.336. The molecule has 0 saturated heterocycles. The number of halogens is 2. The number of anilines is 1. The summed E-state index contributed by atoms with van der Waals surface area (Å²) in [6.45, 7) is 0. The van der Waals surface area contributed by atoms with Crippen molar-refractivity contribution >= 4 is 60.6 Å². The molecule has 0 spiro atoms. The minimum atomic E-state index is -0.176. The average Bonchev–Trinajstić information content (AvgIpc) is 2.84. The summed E-state index contributed by atoms with van der Waals surface area (Å²) in [6, 6.07) is 8.72. The number of oxime groups is 1. The Kier molecular flexibility index (Phi) is 5.02. The molecule has 110 valence electrons. The van der Waals surface area contributed by atoms with E-state index in [9.17, 15) is 4.79 Å². The molecule has 8 heteroatoms. The van der Waals surface area contributed by atoms with Crippen molar-refractivity contribution in [2.45, 2.75) is 0 Å². The van der Waals surface area contributed by atoms with E-state index < -0.39 is 0 Å². The SMILES string of the molecule is CN(C(=O)c1cc(Br)c(Br)s1)c1ccccc1/C(N)=N/O. The van der Waals surface area contributed by atoms with E-state index in [0.29, 0.717) is 16.1 Å². The largest absolute Gasteiger partial charge is 0.409 e. The Balaban J connectivity index is 2.40. The normalized spacial score (nSPS) is 11.5. The van der Waals surface area contributed by atoms with Crippen LogP contribution in [-0.4, -0.2) is 24.0 Å². The van der Waals surface area contributed by atoms with Crippen LogP contribution in [0.3, 0.4) is 0 Å². The number of nitrogens with two attached hydrogens (primary N) is 1. The van der Waals surface area contributed by atoms with E-state index in [-0.39, 0.29) is 11.7 Å². The van der Waals surface area contributed by atoms with E-state index in [0.717, 1.165) is 8.26 Å². The molecular weight excluding hydrogens is 422 g/mol. The minimum absolute atomic E-state index is 0.0428. The summed E-state index contributed by atoms with van der Waals surface area (Å²) < 4.78 is 1.68. The minimum Gasteiger partial charge on any atom is -0.409 e.